The Kier molecular flexibility index (Phi) is 7.32. The highest BCUT2D eigenvalue weighted by Gasteiger charge is 2.07. The van der Waals surface area contributed by atoms with Crippen molar-refractivity contribution >= 4 is 5.57 Å². The van der Waals surface area contributed by atoms with Crippen LogP contribution in [0.1, 0.15) is 69.9 Å². The zero-order valence-electron chi connectivity index (χ0n) is 12.5. The van der Waals surface area contributed by atoms with Crippen molar-refractivity contribution in [2.75, 3.05) is 0 Å². The van der Waals surface area contributed by atoms with E-state index in [0.29, 0.717) is 5.75 Å². The van der Waals surface area contributed by atoms with Gasteiger partial charge in [-0.2, -0.15) is 0 Å². The number of unbranched alkanes of at least 4 members (excludes halogenated alkanes) is 6. The summed E-state index contributed by atoms with van der Waals surface area (Å²) >= 11 is 0. The summed E-state index contributed by atoms with van der Waals surface area (Å²) in [5, 5.41) is 9.97. The molecule has 1 nitrogen and oxygen atoms in total. The molecule has 0 spiro atoms. The van der Waals surface area contributed by atoms with Crippen LogP contribution in [0, 0.1) is 0 Å². The van der Waals surface area contributed by atoms with Gasteiger partial charge < -0.3 is 5.11 Å². The Hall–Kier alpha value is -1.24. The quantitative estimate of drug-likeness (QED) is 0.563. The zero-order valence-corrected chi connectivity index (χ0v) is 12.5. The van der Waals surface area contributed by atoms with Crippen LogP contribution in [-0.2, 0) is 6.42 Å². The molecule has 0 aromatic heterocycles. The first-order valence-electron chi connectivity index (χ1n) is 7.63. The molecular formula is C18H28O. The van der Waals surface area contributed by atoms with Crippen LogP contribution in [-0.4, -0.2) is 5.11 Å². The van der Waals surface area contributed by atoms with Crippen molar-refractivity contribution in [1.82, 2.24) is 0 Å². The Labute approximate surface area is 118 Å². The summed E-state index contributed by atoms with van der Waals surface area (Å²) in [5.41, 5.74) is 3.23. The number of phenols is 1. The lowest BCUT2D eigenvalue weighted by Gasteiger charge is -2.11. The number of hydrogen-bond acceptors (Lipinski definition) is 1. The van der Waals surface area contributed by atoms with Crippen molar-refractivity contribution in [2.45, 2.75) is 65.2 Å². The SMILES string of the molecule is C=C(C)c1cccc(O)c1CCCCCCCCC. The van der Waals surface area contributed by atoms with Crippen LogP contribution < -0.4 is 0 Å². The van der Waals surface area contributed by atoms with Crippen LogP contribution in [0.2, 0.25) is 0 Å². The van der Waals surface area contributed by atoms with E-state index in [0.717, 1.165) is 29.5 Å². The number of aromatic hydroxyl groups is 1. The molecule has 0 amide bonds. The molecule has 1 heteroatoms. The Morgan fingerprint density at radius 3 is 2.32 bits per heavy atom. The van der Waals surface area contributed by atoms with Gasteiger partial charge in [0.05, 0.1) is 0 Å². The highest BCUT2D eigenvalue weighted by molar-refractivity contribution is 5.66. The smallest absolute Gasteiger partial charge is 0.119 e. The van der Waals surface area contributed by atoms with Gasteiger partial charge in [0.25, 0.3) is 0 Å². The molecule has 0 aliphatic heterocycles. The van der Waals surface area contributed by atoms with Gasteiger partial charge >= 0.3 is 0 Å². The minimum Gasteiger partial charge on any atom is -0.508 e. The molecule has 0 unspecified atom stereocenters. The summed E-state index contributed by atoms with van der Waals surface area (Å²) < 4.78 is 0. The summed E-state index contributed by atoms with van der Waals surface area (Å²) in [6.45, 7) is 8.24. The van der Waals surface area contributed by atoms with E-state index in [9.17, 15) is 5.11 Å². The van der Waals surface area contributed by atoms with Gasteiger partial charge in [-0.1, -0.05) is 69.7 Å². The Balaban J connectivity index is 2.38. The summed E-state index contributed by atoms with van der Waals surface area (Å²) in [5.74, 6) is 0.423. The third-order valence-electron chi connectivity index (χ3n) is 3.64. The van der Waals surface area contributed by atoms with E-state index >= 15 is 0 Å². The van der Waals surface area contributed by atoms with Crippen LogP contribution in [0.15, 0.2) is 24.8 Å². The van der Waals surface area contributed by atoms with E-state index in [2.05, 4.69) is 19.6 Å². The fraction of sp³-hybridized carbons (Fsp3) is 0.556. The molecule has 0 saturated heterocycles. The monoisotopic (exact) mass is 260 g/mol. The van der Waals surface area contributed by atoms with Crippen LogP contribution in [0.25, 0.3) is 5.57 Å². The minimum atomic E-state index is 0.423. The zero-order chi connectivity index (χ0) is 14.1. The van der Waals surface area contributed by atoms with Crippen molar-refractivity contribution < 1.29 is 5.11 Å². The molecule has 0 bridgehead atoms. The van der Waals surface area contributed by atoms with Crippen LogP contribution in [0.4, 0.5) is 0 Å². The summed E-state index contributed by atoms with van der Waals surface area (Å²) in [7, 11) is 0. The van der Waals surface area contributed by atoms with E-state index in [1.807, 2.05) is 13.0 Å². The maximum atomic E-state index is 9.97. The van der Waals surface area contributed by atoms with Crippen molar-refractivity contribution in [3.8, 4) is 5.75 Å². The van der Waals surface area contributed by atoms with Gasteiger partial charge in [-0.05, 0) is 31.4 Å². The molecule has 1 aromatic rings. The molecular weight excluding hydrogens is 232 g/mol. The summed E-state index contributed by atoms with van der Waals surface area (Å²) in [6.07, 6.45) is 10.1. The number of hydrogen-bond donors (Lipinski definition) is 1. The molecule has 1 rings (SSSR count). The highest BCUT2D eigenvalue weighted by Crippen LogP contribution is 2.27. The first-order chi connectivity index (χ1) is 9.16. The number of phenolic OH excluding ortho intramolecular Hbond substituents is 1. The molecule has 0 aliphatic rings. The third-order valence-corrected chi connectivity index (χ3v) is 3.64. The van der Waals surface area contributed by atoms with Crippen LogP contribution in [0.3, 0.4) is 0 Å². The molecule has 1 N–H and O–H groups in total. The van der Waals surface area contributed by atoms with Crippen molar-refractivity contribution in [2.24, 2.45) is 0 Å². The summed E-state index contributed by atoms with van der Waals surface area (Å²) in [4.78, 5) is 0. The predicted octanol–water partition coefficient (Wildman–Crippen LogP) is 5.72. The Bertz CT molecular complexity index is 393. The van der Waals surface area contributed by atoms with Gasteiger partial charge in [-0.15, -0.1) is 0 Å². The first kappa shape index (κ1) is 15.8. The molecule has 106 valence electrons. The number of benzene rings is 1. The van der Waals surface area contributed by atoms with Crippen molar-refractivity contribution in [3.63, 3.8) is 0 Å². The average Bonchev–Trinajstić information content (AvgIpc) is 2.39. The van der Waals surface area contributed by atoms with Crippen molar-refractivity contribution in [3.05, 3.63) is 35.9 Å². The van der Waals surface area contributed by atoms with Gasteiger partial charge in [0.1, 0.15) is 5.75 Å². The normalized spacial score (nSPS) is 10.6. The van der Waals surface area contributed by atoms with E-state index in [4.69, 9.17) is 0 Å². The lowest BCUT2D eigenvalue weighted by Crippen LogP contribution is -1.93. The van der Waals surface area contributed by atoms with Gasteiger partial charge in [-0.3, -0.25) is 0 Å². The predicted molar refractivity (Wildman–Crippen MR) is 84.5 cm³/mol. The second-order valence-corrected chi connectivity index (χ2v) is 5.45. The second-order valence-electron chi connectivity index (χ2n) is 5.45. The maximum Gasteiger partial charge on any atom is 0.119 e. The molecule has 0 heterocycles. The van der Waals surface area contributed by atoms with Crippen molar-refractivity contribution in [1.29, 1.82) is 0 Å². The number of allylic oxidation sites excluding steroid dienone is 1. The molecule has 0 fully saturated rings. The molecule has 0 saturated carbocycles. The average molecular weight is 260 g/mol. The largest absolute Gasteiger partial charge is 0.508 e. The van der Waals surface area contributed by atoms with E-state index in [1.165, 1.54) is 38.5 Å². The maximum absolute atomic E-state index is 9.97. The highest BCUT2D eigenvalue weighted by atomic mass is 16.3. The minimum absolute atomic E-state index is 0.423. The molecule has 1 aromatic carbocycles. The topological polar surface area (TPSA) is 20.2 Å². The van der Waals surface area contributed by atoms with Gasteiger partial charge in [0.15, 0.2) is 0 Å². The van der Waals surface area contributed by atoms with E-state index in [-0.39, 0.29) is 0 Å². The molecule has 0 radical (unpaired) electrons. The van der Waals surface area contributed by atoms with E-state index < -0.39 is 0 Å². The summed E-state index contributed by atoms with van der Waals surface area (Å²) in [6, 6.07) is 5.73. The van der Waals surface area contributed by atoms with Crippen LogP contribution >= 0.6 is 0 Å². The Morgan fingerprint density at radius 1 is 1.05 bits per heavy atom. The second kappa shape index (κ2) is 8.79. The van der Waals surface area contributed by atoms with E-state index in [1.54, 1.807) is 6.07 Å². The standard InChI is InChI=1S/C18H28O/c1-4-5-6-7-8-9-10-12-17-16(15(2)3)13-11-14-18(17)19/h11,13-14,19H,2,4-10,12H2,1,3H3. The van der Waals surface area contributed by atoms with Crippen LogP contribution in [0.5, 0.6) is 5.75 Å². The first-order valence-corrected chi connectivity index (χ1v) is 7.63. The fourth-order valence-electron chi connectivity index (χ4n) is 2.50. The Morgan fingerprint density at radius 2 is 1.68 bits per heavy atom. The molecule has 19 heavy (non-hydrogen) atoms. The lowest BCUT2D eigenvalue weighted by atomic mass is 9.96. The van der Waals surface area contributed by atoms with Gasteiger partial charge in [0.2, 0.25) is 0 Å². The number of rotatable bonds is 9. The molecule has 0 aliphatic carbocycles. The molecule has 0 atom stereocenters. The third kappa shape index (κ3) is 5.50. The lowest BCUT2D eigenvalue weighted by molar-refractivity contribution is 0.465. The fourth-order valence-corrected chi connectivity index (χ4v) is 2.50. The van der Waals surface area contributed by atoms with Gasteiger partial charge in [-0.25, -0.2) is 0 Å². The van der Waals surface area contributed by atoms with Gasteiger partial charge in [0, 0.05) is 5.56 Å².